The van der Waals surface area contributed by atoms with Crippen LogP contribution in [0.5, 0.6) is 0 Å². The molecule has 1 heterocycles. The predicted molar refractivity (Wildman–Crippen MR) is 63.3 cm³/mol. The van der Waals surface area contributed by atoms with Crippen molar-refractivity contribution in [3.8, 4) is 0 Å². The van der Waals surface area contributed by atoms with E-state index >= 15 is 0 Å². The van der Waals surface area contributed by atoms with Crippen LogP contribution in [0.4, 0.5) is 0 Å². The van der Waals surface area contributed by atoms with Crippen LogP contribution >= 0.6 is 0 Å². The molecule has 1 aliphatic heterocycles. The summed E-state index contributed by atoms with van der Waals surface area (Å²) in [7, 11) is 3.34. The smallest absolute Gasteiger partial charge is 0.110 e. The van der Waals surface area contributed by atoms with E-state index in [0.29, 0.717) is 33.0 Å². The molecule has 102 valence electrons. The van der Waals surface area contributed by atoms with E-state index in [2.05, 4.69) is 0 Å². The molecular formula is C12H24O5. The number of methoxy groups -OCH3 is 2. The Bertz CT molecular complexity index is 207. The molecule has 2 atom stereocenters. The Morgan fingerprint density at radius 2 is 1.65 bits per heavy atom. The van der Waals surface area contributed by atoms with Gasteiger partial charge in [0.2, 0.25) is 0 Å². The van der Waals surface area contributed by atoms with Crippen molar-refractivity contribution in [2.45, 2.75) is 31.7 Å². The summed E-state index contributed by atoms with van der Waals surface area (Å²) in [5, 5.41) is 0. The fourth-order valence-electron chi connectivity index (χ4n) is 1.29. The third kappa shape index (κ3) is 6.33. The van der Waals surface area contributed by atoms with Crippen molar-refractivity contribution in [1.29, 1.82) is 0 Å². The summed E-state index contributed by atoms with van der Waals surface area (Å²) in [5.41, 5.74) is -0.237. The Morgan fingerprint density at radius 1 is 1.00 bits per heavy atom. The minimum absolute atomic E-state index is 0.171. The van der Waals surface area contributed by atoms with E-state index in [4.69, 9.17) is 23.7 Å². The topological polar surface area (TPSA) is 49.5 Å². The van der Waals surface area contributed by atoms with Crippen molar-refractivity contribution in [2.24, 2.45) is 0 Å². The van der Waals surface area contributed by atoms with Crippen molar-refractivity contribution in [3.05, 3.63) is 0 Å². The number of epoxide rings is 1. The minimum Gasteiger partial charge on any atom is -0.382 e. The summed E-state index contributed by atoms with van der Waals surface area (Å²) in [6, 6.07) is 0. The van der Waals surface area contributed by atoms with Gasteiger partial charge in [0.25, 0.3) is 0 Å². The number of rotatable bonds is 10. The van der Waals surface area contributed by atoms with E-state index in [1.165, 1.54) is 0 Å². The zero-order valence-corrected chi connectivity index (χ0v) is 11.2. The third-order valence-electron chi connectivity index (χ3n) is 2.69. The van der Waals surface area contributed by atoms with Gasteiger partial charge in [-0.25, -0.2) is 0 Å². The second kappa shape index (κ2) is 7.28. The summed E-state index contributed by atoms with van der Waals surface area (Å²) in [4.78, 5) is 0. The van der Waals surface area contributed by atoms with E-state index in [1.54, 1.807) is 14.2 Å². The maximum Gasteiger partial charge on any atom is 0.110 e. The highest BCUT2D eigenvalue weighted by molar-refractivity contribution is 4.84. The van der Waals surface area contributed by atoms with Crippen molar-refractivity contribution in [2.75, 3.05) is 47.3 Å². The maximum absolute atomic E-state index is 5.54. The molecule has 0 amide bonds. The van der Waals surface area contributed by atoms with Crippen LogP contribution in [0.25, 0.3) is 0 Å². The van der Waals surface area contributed by atoms with Crippen molar-refractivity contribution in [3.63, 3.8) is 0 Å². The van der Waals surface area contributed by atoms with Gasteiger partial charge in [0, 0.05) is 14.2 Å². The third-order valence-corrected chi connectivity index (χ3v) is 2.69. The highest BCUT2D eigenvalue weighted by atomic mass is 16.6. The van der Waals surface area contributed by atoms with Crippen LogP contribution in [0.1, 0.15) is 13.8 Å². The second-order valence-corrected chi connectivity index (χ2v) is 4.76. The Morgan fingerprint density at radius 3 is 2.24 bits per heavy atom. The zero-order chi connectivity index (χ0) is 12.7. The monoisotopic (exact) mass is 248 g/mol. The highest BCUT2D eigenvalue weighted by Gasteiger charge is 2.39. The van der Waals surface area contributed by atoms with Crippen molar-refractivity contribution < 1.29 is 23.7 Å². The lowest BCUT2D eigenvalue weighted by molar-refractivity contribution is -0.0530. The Labute approximate surface area is 103 Å². The van der Waals surface area contributed by atoms with Gasteiger partial charge in [0.1, 0.15) is 12.2 Å². The molecule has 0 aromatic carbocycles. The van der Waals surface area contributed by atoms with Crippen LogP contribution in [-0.4, -0.2) is 65.1 Å². The lowest BCUT2D eigenvalue weighted by atomic mass is 10.1. The van der Waals surface area contributed by atoms with Crippen LogP contribution in [0.2, 0.25) is 0 Å². The van der Waals surface area contributed by atoms with Crippen LogP contribution in [0, 0.1) is 0 Å². The van der Waals surface area contributed by atoms with E-state index < -0.39 is 0 Å². The molecule has 17 heavy (non-hydrogen) atoms. The molecule has 0 saturated carbocycles. The molecular weight excluding hydrogens is 224 g/mol. The normalized spacial score (nSPS) is 24.0. The van der Waals surface area contributed by atoms with E-state index in [-0.39, 0.29) is 17.8 Å². The molecule has 1 aliphatic rings. The first kappa shape index (κ1) is 14.9. The maximum atomic E-state index is 5.54. The molecule has 2 unspecified atom stereocenters. The van der Waals surface area contributed by atoms with Gasteiger partial charge in [-0.1, -0.05) is 0 Å². The molecule has 0 spiro atoms. The molecule has 0 aromatic rings. The van der Waals surface area contributed by atoms with Crippen LogP contribution < -0.4 is 0 Å². The molecule has 1 saturated heterocycles. The largest absolute Gasteiger partial charge is 0.382 e. The SMILES string of the molecule is COCCOCC1OC1COCC(C)(C)OC. The van der Waals surface area contributed by atoms with Crippen molar-refractivity contribution >= 4 is 0 Å². The van der Waals surface area contributed by atoms with Crippen LogP contribution in [0.15, 0.2) is 0 Å². The summed E-state index contributed by atoms with van der Waals surface area (Å²) >= 11 is 0. The van der Waals surface area contributed by atoms with Gasteiger partial charge in [0.05, 0.1) is 38.6 Å². The summed E-state index contributed by atoms with van der Waals surface area (Å²) in [6.07, 6.45) is 0.350. The van der Waals surface area contributed by atoms with Crippen LogP contribution in [0.3, 0.4) is 0 Å². The average molecular weight is 248 g/mol. The lowest BCUT2D eigenvalue weighted by Crippen LogP contribution is -2.30. The molecule has 5 heteroatoms. The minimum atomic E-state index is -0.237. The standard InChI is InChI=1S/C12H24O5/c1-12(2,14-4)9-16-8-11-10(17-11)7-15-6-5-13-3/h10-11H,5-9H2,1-4H3. The first-order chi connectivity index (χ1) is 8.09. The van der Waals surface area contributed by atoms with Gasteiger partial charge >= 0.3 is 0 Å². The Kier molecular flexibility index (Phi) is 6.37. The summed E-state index contributed by atoms with van der Waals surface area (Å²) < 4.78 is 26.5. The van der Waals surface area contributed by atoms with Gasteiger partial charge in [0.15, 0.2) is 0 Å². The zero-order valence-electron chi connectivity index (χ0n) is 11.2. The van der Waals surface area contributed by atoms with E-state index in [9.17, 15) is 0 Å². The van der Waals surface area contributed by atoms with Crippen LogP contribution in [-0.2, 0) is 23.7 Å². The fraction of sp³-hybridized carbons (Fsp3) is 1.00. The molecule has 5 nitrogen and oxygen atoms in total. The van der Waals surface area contributed by atoms with E-state index in [1.807, 2.05) is 13.8 Å². The molecule has 1 rings (SSSR count). The number of ether oxygens (including phenoxy) is 5. The van der Waals surface area contributed by atoms with Gasteiger partial charge in [-0.15, -0.1) is 0 Å². The molecule has 0 bridgehead atoms. The molecule has 0 aromatic heterocycles. The quantitative estimate of drug-likeness (QED) is 0.424. The second-order valence-electron chi connectivity index (χ2n) is 4.76. The predicted octanol–water partition coefficient (Wildman–Crippen LogP) is 0.858. The number of hydrogen-bond acceptors (Lipinski definition) is 5. The molecule has 0 radical (unpaired) electrons. The Hall–Kier alpha value is -0.200. The van der Waals surface area contributed by atoms with Crippen molar-refractivity contribution in [1.82, 2.24) is 0 Å². The molecule has 1 fully saturated rings. The average Bonchev–Trinajstić information content (AvgIpc) is 3.03. The first-order valence-electron chi connectivity index (χ1n) is 5.94. The summed E-state index contributed by atoms with van der Waals surface area (Å²) in [5.74, 6) is 0. The fourth-order valence-corrected chi connectivity index (χ4v) is 1.29. The van der Waals surface area contributed by atoms with Gasteiger partial charge in [-0.05, 0) is 13.8 Å². The first-order valence-corrected chi connectivity index (χ1v) is 5.94. The molecule has 0 aliphatic carbocycles. The van der Waals surface area contributed by atoms with Gasteiger partial charge in [-0.3, -0.25) is 0 Å². The lowest BCUT2D eigenvalue weighted by Gasteiger charge is -2.22. The Balaban J connectivity index is 1.94. The van der Waals surface area contributed by atoms with Gasteiger partial charge < -0.3 is 23.7 Å². The summed E-state index contributed by atoms with van der Waals surface area (Å²) in [6.45, 7) is 7.01. The highest BCUT2D eigenvalue weighted by Crippen LogP contribution is 2.23. The van der Waals surface area contributed by atoms with E-state index in [0.717, 1.165) is 0 Å². The molecule has 0 N–H and O–H groups in total. The number of hydrogen-bond donors (Lipinski definition) is 0. The van der Waals surface area contributed by atoms with Gasteiger partial charge in [-0.2, -0.15) is 0 Å².